The van der Waals surface area contributed by atoms with E-state index < -0.39 is 0 Å². The number of hydrogen-bond donors (Lipinski definition) is 1. The monoisotopic (exact) mass is 369 g/mol. The molecule has 1 heterocycles. The minimum Gasteiger partial charge on any atom is -0.492 e. The molecule has 0 radical (unpaired) electrons. The molecule has 0 aromatic heterocycles. The summed E-state index contributed by atoms with van der Waals surface area (Å²) in [5.41, 5.74) is 0. The smallest absolute Gasteiger partial charge is 0.324 e. The van der Waals surface area contributed by atoms with Crippen LogP contribution in [0.5, 0.6) is 5.75 Å². The largest absolute Gasteiger partial charge is 0.492 e. The molecule has 1 aromatic rings. The molecule has 1 N–H and O–H groups in total. The van der Waals surface area contributed by atoms with Gasteiger partial charge < -0.3 is 10.1 Å². The zero-order chi connectivity index (χ0) is 16.1. The second-order valence-corrected chi connectivity index (χ2v) is 6.10. The number of rotatable bonds is 6. The fraction of sp³-hybridized carbons (Fsp3) is 0.467. The first kappa shape index (κ1) is 16.8. The Kier molecular flexibility index (Phi) is 5.79. The lowest BCUT2D eigenvalue weighted by Gasteiger charge is -2.26. The standard InChI is InChI=1S/C15H20BrN3O3/c1-11(14(20)19-8-7-17-15(19)21)18(2)9-10-22-13-5-3-12(16)4-6-13/h3-6,11H,7-10H2,1-2H3,(H,17,21)/t11-/m0/s1. The Morgan fingerprint density at radius 3 is 2.73 bits per heavy atom. The molecule has 1 aliphatic heterocycles. The van der Waals surface area contributed by atoms with Crippen LogP contribution in [-0.2, 0) is 4.79 Å². The van der Waals surface area contributed by atoms with E-state index in [2.05, 4.69) is 21.2 Å². The average molecular weight is 370 g/mol. The highest BCUT2D eigenvalue weighted by Gasteiger charge is 2.31. The Bertz CT molecular complexity index is 535. The van der Waals surface area contributed by atoms with Crippen molar-refractivity contribution >= 4 is 27.9 Å². The van der Waals surface area contributed by atoms with Gasteiger partial charge in [0, 0.05) is 24.1 Å². The summed E-state index contributed by atoms with van der Waals surface area (Å²) >= 11 is 3.37. The summed E-state index contributed by atoms with van der Waals surface area (Å²) in [6, 6.07) is 6.92. The Labute approximate surface area is 138 Å². The number of nitrogens with zero attached hydrogens (tertiary/aromatic N) is 2. The zero-order valence-corrected chi connectivity index (χ0v) is 14.3. The van der Waals surface area contributed by atoms with Gasteiger partial charge in [-0.2, -0.15) is 0 Å². The van der Waals surface area contributed by atoms with Crippen LogP contribution in [0, 0.1) is 0 Å². The molecule has 0 spiro atoms. The van der Waals surface area contributed by atoms with Crippen LogP contribution in [0.2, 0.25) is 0 Å². The molecular weight excluding hydrogens is 350 g/mol. The Morgan fingerprint density at radius 2 is 2.14 bits per heavy atom. The first-order valence-electron chi connectivity index (χ1n) is 7.17. The number of amides is 3. The number of nitrogens with one attached hydrogen (secondary N) is 1. The van der Waals surface area contributed by atoms with Crippen LogP contribution in [0.1, 0.15) is 6.92 Å². The molecule has 120 valence electrons. The minimum absolute atomic E-state index is 0.179. The maximum absolute atomic E-state index is 12.2. The molecule has 0 saturated carbocycles. The van der Waals surface area contributed by atoms with Crippen molar-refractivity contribution in [2.24, 2.45) is 0 Å². The number of benzene rings is 1. The molecule has 1 fully saturated rings. The zero-order valence-electron chi connectivity index (χ0n) is 12.7. The summed E-state index contributed by atoms with van der Waals surface area (Å²) in [7, 11) is 1.85. The molecule has 3 amide bonds. The van der Waals surface area contributed by atoms with Crippen LogP contribution in [0.25, 0.3) is 0 Å². The lowest BCUT2D eigenvalue weighted by Crippen LogP contribution is -2.47. The van der Waals surface area contributed by atoms with E-state index in [1.54, 1.807) is 6.92 Å². The second kappa shape index (κ2) is 7.60. The molecule has 0 bridgehead atoms. The SMILES string of the molecule is C[C@@H](C(=O)N1CCNC1=O)N(C)CCOc1ccc(Br)cc1. The third-order valence-electron chi connectivity index (χ3n) is 3.67. The van der Waals surface area contributed by atoms with Gasteiger partial charge in [0.15, 0.2) is 0 Å². The molecule has 1 aliphatic rings. The topological polar surface area (TPSA) is 61.9 Å². The molecule has 22 heavy (non-hydrogen) atoms. The van der Waals surface area contributed by atoms with Gasteiger partial charge in [-0.05, 0) is 38.2 Å². The normalized spacial score (nSPS) is 15.8. The quantitative estimate of drug-likeness (QED) is 0.828. The Morgan fingerprint density at radius 1 is 1.45 bits per heavy atom. The van der Waals surface area contributed by atoms with E-state index in [-0.39, 0.29) is 18.0 Å². The third-order valence-corrected chi connectivity index (χ3v) is 4.20. The van der Waals surface area contributed by atoms with Crippen molar-refractivity contribution < 1.29 is 14.3 Å². The van der Waals surface area contributed by atoms with E-state index in [0.29, 0.717) is 26.2 Å². The first-order valence-corrected chi connectivity index (χ1v) is 7.96. The van der Waals surface area contributed by atoms with Crippen LogP contribution in [0.15, 0.2) is 28.7 Å². The molecule has 1 saturated heterocycles. The van der Waals surface area contributed by atoms with E-state index in [4.69, 9.17) is 4.74 Å². The van der Waals surface area contributed by atoms with Gasteiger partial charge in [0.05, 0.1) is 6.04 Å². The van der Waals surface area contributed by atoms with Gasteiger partial charge in [0.1, 0.15) is 12.4 Å². The second-order valence-electron chi connectivity index (χ2n) is 5.18. The lowest BCUT2D eigenvalue weighted by molar-refractivity contribution is -0.132. The summed E-state index contributed by atoms with van der Waals surface area (Å²) in [5.74, 6) is 0.607. The molecule has 0 unspecified atom stereocenters. The number of urea groups is 1. The van der Waals surface area contributed by atoms with E-state index in [9.17, 15) is 9.59 Å². The predicted octanol–water partition coefficient (Wildman–Crippen LogP) is 1.70. The molecular formula is C15H20BrN3O3. The number of carbonyl (C=O) groups is 2. The van der Waals surface area contributed by atoms with Crippen molar-refractivity contribution in [3.63, 3.8) is 0 Å². The van der Waals surface area contributed by atoms with Gasteiger partial charge >= 0.3 is 6.03 Å². The van der Waals surface area contributed by atoms with E-state index in [1.807, 2.05) is 36.2 Å². The van der Waals surface area contributed by atoms with Crippen molar-refractivity contribution in [1.82, 2.24) is 15.1 Å². The molecule has 0 aliphatic carbocycles. The van der Waals surface area contributed by atoms with Crippen LogP contribution in [0.3, 0.4) is 0 Å². The number of imide groups is 1. The maximum atomic E-state index is 12.2. The number of hydrogen-bond acceptors (Lipinski definition) is 4. The highest BCUT2D eigenvalue weighted by atomic mass is 79.9. The van der Waals surface area contributed by atoms with Crippen molar-refractivity contribution in [3.8, 4) is 5.75 Å². The van der Waals surface area contributed by atoms with Gasteiger partial charge in [-0.15, -0.1) is 0 Å². The Balaban J connectivity index is 1.78. The molecule has 1 atom stereocenters. The predicted molar refractivity (Wildman–Crippen MR) is 86.8 cm³/mol. The van der Waals surface area contributed by atoms with Gasteiger partial charge in [-0.25, -0.2) is 4.79 Å². The summed E-state index contributed by atoms with van der Waals surface area (Å²) < 4.78 is 6.64. The fourth-order valence-electron chi connectivity index (χ4n) is 2.13. The number of ether oxygens (including phenoxy) is 1. The molecule has 6 nitrogen and oxygen atoms in total. The molecule has 1 aromatic carbocycles. The number of carbonyl (C=O) groups excluding carboxylic acids is 2. The maximum Gasteiger partial charge on any atom is 0.324 e. The van der Waals surface area contributed by atoms with Crippen molar-refractivity contribution in [1.29, 1.82) is 0 Å². The van der Waals surface area contributed by atoms with Gasteiger partial charge in [-0.3, -0.25) is 14.6 Å². The third kappa shape index (κ3) is 4.20. The number of likely N-dealkylation sites (N-methyl/N-ethyl adjacent to an activating group) is 1. The average Bonchev–Trinajstić information content (AvgIpc) is 2.93. The summed E-state index contributed by atoms with van der Waals surface area (Å²) in [4.78, 5) is 26.9. The first-order chi connectivity index (χ1) is 10.5. The van der Waals surface area contributed by atoms with E-state index in [1.165, 1.54) is 4.90 Å². The summed E-state index contributed by atoms with van der Waals surface area (Å²) in [5, 5.41) is 2.63. The highest BCUT2D eigenvalue weighted by molar-refractivity contribution is 9.10. The van der Waals surface area contributed by atoms with Gasteiger partial charge in [0.25, 0.3) is 0 Å². The summed E-state index contributed by atoms with van der Waals surface area (Å²) in [6.45, 7) is 3.83. The highest BCUT2D eigenvalue weighted by Crippen LogP contribution is 2.16. The Hall–Kier alpha value is -1.60. The fourth-order valence-corrected chi connectivity index (χ4v) is 2.39. The van der Waals surface area contributed by atoms with Crippen LogP contribution in [-0.4, -0.2) is 61.1 Å². The van der Waals surface area contributed by atoms with Crippen LogP contribution in [0.4, 0.5) is 4.79 Å². The van der Waals surface area contributed by atoms with Crippen molar-refractivity contribution in [2.45, 2.75) is 13.0 Å². The summed E-state index contributed by atoms with van der Waals surface area (Å²) in [6.07, 6.45) is 0. The minimum atomic E-state index is -0.364. The van der Waals surface area contributed by atoms with Crippen molar-refractivity contribution in [3.05, 3.63) is 28.7 Å². The molecule has 2 rings (SSSR count). The lowest BCUT2D eigenvalue weighted by atomic mass is 10.2. The van der Waals surface area contributed by atoms with Crippen molar-refractivity contribution in [2.75, 3.05) is 33.3 Å². The molecule has 7 heteroatoms. The van der Waals surface area contributed by atoms with Gasteiger partial charge in [0.2, 0.25) is 5.91 Å². The van der Waals surface area contributed by atoms with E-state index in [0.717, 1.165) is 10.2 Å². The van der Waals surface area contributed by atoms with Crippen LogP contribution < -0.4 is 10.1 Å². The van der Waals surface area contributed by atoms with Gasteiger partial charge in [-0.1, -0.05) is 15.9 Å². The van der Waals surface area contributed by atoms with E-state index >= 15 is 0 Å². The van der Waals surface area contributed by atoms with Crippen LogP contribution >= 0.6 is 15.9 Å². The number of halogens is 1.